The van der Waals surface area contributed by atoms with Crippen LogP contribution in [0.5, 0.6) is 0 Å². The van der Waals surface area contributed by atoms with E-state index < -0.39 is 53.6 Å². The minimum Gasteiger partial charge on any atom is -0.455 e. The molecule has 2 N–H and O–H groups in total. The van der Waals surface area contributed by atoms with E-state index in [4.69, 9.17) is 9.47 Å². The number of amides is 3. The molecule has 48 heavy (non-hydrogen) atoms. The lowest BCUT2D eigenvalue weighted by atomic mass is 9.70. The molecule has 10 heteroatoms. The topological polar surface area (TPSA) is 125 Å². The minimum absolute atomic E-state index is 0.0513. The van der Waals surface area contributed by atoms with Crippen LogP contribution in [0.1, 0.15) is 61.8 Å². The maximum absolute atomic E-state index is 14.8. The number of aryl methyl sites for hydroxylation is 2. The Morgan fingerprint density at radius 2 is 1.92 bits per heavy atom. The molecule has 3 aliphatic rings. The summed E-state index contributed by atoms with van der Waals surface area (Å²) in [6.07, 6.45) is 3.94. The van der Waals surface area contributed by atoms with Gasteiger partial charge in [-0.3, -0.25) is 19.2 Å². The molecule has 3 heterocycles. The average molecular weight is 658 g/mol. The van der Waals surface area contributed by atoms with Gasteiger partial charge in [0.05, 0.1) is 37.1 Å². The average Bonchev–Trinajstić information content (AvgIpc) is 3.74. The second-order valence-electron chi connectivity index (χ2n) is 13.0. The normalized spacial score (nSPS) is 25.2. The lowest BCUT2D eigenvalue weighted by Gasteiger charge is -2.39. The molecular weight excluding hydrogens is 610 g/mol. The van der Waals surface area contributed by atoms with Gasteiger partial charge in [-0.2, -0.15) is 0 Å². The van der Waals surface area contributed by atoms with Crippen molar-refractivity contribution in [3.05, 3.63) is 90.5 Å². The molecule has 3 aliphatic heterocycles. The molecule has 2 aromatic rings. The van der Waals surface area contributed by atoms with Crippen LogP contribution in [0.2, 0.25) is 0 Å². The van der Waals surface area contributed by atoms with Crippen LogP contribution in [0.4, 0.5) is 5.69 Å². The van der Waals surface area contributed by atoms with Crippen molar-refractivity contribution in [2.75, 3.05) is 24.6 Å². The quantitative estimate of drug-likeness (QED) is 0.216. The zero-order chi connectivity index (χ0) is 34.6. The minimum atomic E-state index is -1.27. The molecule has 5 rings (SSSR count). The van der Waals surface area contributed by atoms with E-state index >= 15 is 0 Å². The van der Waals surface area contributed by atoms with Gasteiger partial charge in [0.1, 0.15) is 17.7 Å². The van der Waals surface area contributed by atoms with Crippen LogP contribution < -0.4 is 10.2 Å². The third-order valence-corrected chi connectivity index (χ3v) is 10.0. The molecule has 256 valence electrons. The van der Waals surface area contributed by atoms with Crippen molar-refractivity contribution in [3.63, 3.8) is 0 Å². The first-order valence-corrected chi connectivity index (χ1v) is 16.8. The van der Waals surface area contributed by atoms with Gasteiger partial charge >= 0.3 is 5.97 Å². The van der Waals surface area contributed by atoms with Gasteiger partial charge in [0.15, 0.2) is 0 Å². The van der Waals surface area contributed by atoms with Crippen molar-refractivity contribution in [1.82, 2.24) is 10.2 Å². The fourth-order valence-corrected chi connectivity index (χ4v) is 7.68. The van der Waals surface area contributed by atoms with Crippen molar-refractivity contribution in [2.45, 2.75) is 82.8 Å². The molecule has 3 saturated heterocycles. The van der Waals surface area contributed by atoms with E-state index in [1.807, 2.05) is 69.3 Å². The van der Waals surface area contributed by atoms with Crippen molar-refractivity contribution < 1.29 is 33.8 Å². The molecule has 0 radical (unpaired) electrons. The summed E-state index contributed by atoms with van der Waals surface area (Å²) in [5, 5.41) is 13.3. The number of carbonyl (C=O) groups is 4. The third-order valence-electron chi connectivity index (χ3n) is 10.0. The van der Waals surface area contributed by atoms with Crippen LogP contribution in [0.15, 0.2) is 73.8 Å². The van der Waals surface area contributed by atoms with Crippen molar-refractivity contribution in [1.29, 1.82) is 0 Å². The number of carbonyl (C=O) groups excluding carboxylic acids is 4. The predicted molar refractivity (Wildman–Crippen MR) is 182 cm³/mol. The van der Waals surface area contributed by atoms with Crippen molar-refractivity contribution in [3.8, 4) is 0 Å². The number of nitrogens with one attached hydrogen (secondary N) is 1. The zero-order valence-corrected chi connectivity index (χ0v) is 28.1. The Labute approximate surface area is 282 Å². The standard InChI is InChI=1S/C38H47N3O7/c1-6-9-15-31(43)39-22-30(26-13-11-10-12-14-26)47-37(46)32-29-18-19-38(48-29)33(32)35(44)41(27(8-3)23-42)34(38)36(45)40(20-7-2)28-21-24(4)16-17-25(28)5/h6-7,10-14,16-17,21,27,29-30,32-34,42H,1-2,8-9,15,18-20,22-23H2,3-5H3,(H,39,43)/t27-,29+,30+,32-,33-,34+,38-/m0/s1. The van der Waals surface area contributed by atoms with Crippen LogP contribution in [-0.2, 0) is 28.7 Å². The number of fused-ring (bicyclic) bond motifs is 1. The van der Waals surface area contributed by atoms with E-state index in [2.05, 4.69) is 18.5 Å². The predicted octanol–water partition coefficient (Wildman–Crippen LogP) is 4.33. The van der Waals surface area contributed by atoms with E-state index in [1.165, 1.54) is 4.90 Å². The molecule has 2 bridgehead atoms. The summed E-state index contributed by atoms with van der Waals surface area (Å²) in [5.41, 5.74) is 1.98. The maximum Gasteiger partial charge on any atom is 0.313 e. The largest absolute Gasteiger partial charge is 0.455 e. The summed E-state index contributed by atoms with van der Waals surface area (Å²) in [4.78, 5) is 59.1. The summed E-state index contributed by atoms with van der Waals surface area (Å²) < 4.78 is 12.8. The van der Waals surface area contributed by atoms with E-state index in [0.29, 0.717) is 36.9 Å². The number of allylic oxidation sites excluding steroid dienone is 1. The van der Waals surface area contributed by atoms with E-state index in [1.54, 1.807) is 17.1 Å². The molecule has 0 aliphatic carbocycles. The Bertz CT molecular complexity index is 1540. The highest BCUT2D eigenvalue weighted by Gasteiger charge is 2.75. The van der Waals surface area contributed by atoms with E-state index in [9.17, 15) is 24.3 Å². The summed E-state index contributed by atoms with van der Waals surface area (Å²) in [6, 6.07) is 13.3. The maximum atomic E-state index is 14.8. The van der Waals surface area contributed by atoms with Crippen LogP contribution in [0.25, 0.3) is 0 Å². The van der Waals surface area contributed by atoms with Crippen LogP contribution in [0, 0.1) is 25.7 Å². The molecular formula is C38H47N3O7. The Morgan fingerprint density at radius 1 is 1.17 bits per heavy atom. The molecule has 0 saturated carbocycles. The molecule has 2 aromatic carbocycles. The van der Waals surface area contributed by atoms with Gasteiger partial charge in [0, 0.05) is 18.7 Å². The number of nitrogens with zero attached hydrogens (tertiary/aromatic N) is 2. The first kappa shape index (κ1) is 35.0. The molecule has 10 nitrogen and oxygen atoms in total. The first-order valence-electron chi connectivity index (χ1n) is 16.8. The van der Waals surface area contributed by atoms with Gasteiger partial charge < -0.3 is 29.7 Å². The van der Waals surface area contributed by atoms with Gasteiger partial charge in [-0.05, 0) is 62.3 Å². The number of likely N-dealkylation sites (tertiary alicyclic amines) is 1. The van der Waals surface area contributed by atoms with Gasteiger partial charge in [0.25, 0.3) is 5.91 Å². The number of esters is 1. The molecule has 1 spiro atoms. The SMILES string of the molecule is C=CCCC(=O)NC[C@@H](OC(=O)[C@@H]1[C@H]2C(=O)N([C@@H](CC)CO)[C@H](C(=O)N(CC=C)c3cc(C)ccc3C)[C@]23CC[C@H]1O3)c1ccccc1. The van der Waals surface area contributed by atoms with Crippen LogP contribution >= 0.6 is 0 Å². The fraction of sp³-hybridized carbons (Fsp3) is 0.474. The second-order valence-corrected chi connectivity index (χ2v) is 13.0. The van der Waals surface area contributed by atoms with Gasteiger partial charge in [-0.1, -0.05) is 61.5 Å². The molecule has 7 atom stereocenters. The zero-order valence-electron chi connectivity index (χ0n) is 28.1. The third kappa shape index (κ3) is 6.43. The van der Waals surface area contributed by atoms with Crippen LogP contribution in [-0.4, -0.2) is 77.2 Å². The molecule has 3 fully saturated rings. The summed E-state index contributed by atoms with van der Waals surface area (Å²) in [6.45, 7) is 13.2. The number of benzene rings is 2. The number of ether oxygens (including phenoxy) is 2. The van der Waals surface area contributed by atoms with Gasteiger partial charge in [-0.25, -0.2) is 0 Å². The molecule has 0 aromatic heterocycles. The summed E-state index contributed by atoms with van der Waals surface area (Å²) in [5.74, 6) is -3.48. The smallest absolute Gasteiger partial charge is 0.313 e. The monoisotopic (exact) mass is 657 g/mol. The number of hydrogen-bond donors (Lipinski definition) is 2. The number of aliphatic hydroxyl groups is 1. The fourth-order valence-electron chi connectivity index (χ4n) is 7.68. The van der Waals surface area contributed by atoms with Crippen molar-refractivity contribution in [2.24, 2.45) is 11.8 Å². The Kier molecular flexibility index (Phi) is 10.9. The number of anilines is 1. The van der Waals surface area contributed by atoms with Crippen LogP contribution in [0.3, 0.4) is 0 Å². The Morgan fingerprint density at radius 3 is 2.58 bits per heavy atom. The van der Waals surface area contributed by atoms with E-state index in [0.717, 1.165) is 11.1 Å². The highest BCUT2D eigenvalue weighted by Crippen LogP contribution is 2.59. The Hall–Kier alpha value is -4.28. The number of hydrogen-bond acceptors (Lipinski definition) is 7. The van der Waals surface area contributed by atoms with E-state index in [-0.39, 0.29) is 37.9 Å². The highest BCUT2D eigenvalue weighted by atomic mass is 16.6. The second kappa shape index (κ2) is 14.9. The molecule has 3 amide bonds. The number of aliphatic hydroxyl groups excluding tert-OH is 1. The summed E-state index contributed by atoms with van der Waals surface area (Å²) in [7, 11) is 0. The highest BCUT2D eigenvalue weighted by molar-refractivity contribution is 6.05. The lowest BCUT2D eigenvalue weighted by Crippen LogP contribution is -2.59. The summed E-state index contributed by atoms with van der Waals surface area (Å²) >= 11 is 0. The van der Waals surface area contributed by atoms with Crippen molar-refractivity contribution >= 4 is 29.4 Å². The lowest BCUT2D eigenvalue weighted by molar-refractivity contribution is -0.161. The number of rotatable bonds is 15. The first-order chi connectivity index (χ1) is 23.1. The Balaban J connectivity index is 1.49. The van der Waals surface area contributed by atoms with Gasteiger partial charge in [-0.15, -0.1) is 13.2 Å². The van der Waals surface area contributed by atoms with Gasteiger partial charge in [0.2, 0.25) is 11.8 Å². The molecule has 0 unspecified atom stereocenters.